The maximum atomic E-state index is 13.0. The first kappa shape index (κ1) is 86.1. The second-order valence-electron chi connectivity index (χ2n) is 25.4. The Labute approximate surface area is 537 Å². The first-order valence-electron chi connectivity index (χ1n) is 36.1. The Morgan fingerprint density at radius 1 is 0.318 bits per heavy atom. The molecular weight excluding hydrogens is 1160 g/mol. The van der Waals surface area contributed by atoms with Crippen molar-refractivity contribution in [3.63, 3.8) is 0 Å². The number of rotatable bonds is 68. The summed E-state index contributed by atoms with van der Waals surface area (Å²) >= 11 is 0. The fraction of sp³-hybridized carbons (Fsp3) is 0.942. The average Bonchev–Trinajstić information content (AvgIpc) is 3.69. The number of hydrogen-bond acceptors (Lipinski definition) is 15. The predicted octanol–water partition coefficient (Wildman–Crippen LogP) is 19.6. The summed E-state index contributed by atoms with van der Waals surface area (Å²) in [6.07, 6.45) is 46.2. The van der Waals surface area contributed by atoms with Crippen LogP contribution in [0.4, 0.5) is 0 Å². The van der Waals surface area contributed by atoms with Gasteiger partial charge in [0, 0.05) is 25.7 Å². The van der Waals surface area contributed by atoms with E-state index in [9.17, 15) is 43.2 Å². The molecule has 522 valence electrons. The van der Waals surface area contributed by atoms with Crippen LogP contribution in [-0.2, 0) is 65.4 Å². The van der Waals surface area contributed by atoms with Gasteiger partial charge in [-0.15, -0.1) is 0 Å². The summed E-state index contributed by atoms with van der Waals surface area (Å²) in [5.74, 6) is -0.572. The van der Waals surface area contributed by atoms with Crippen LogP contribution < -0.4 is 0 Å². The van der Waals surface area contributed by atoms with Crippen LogP contribution in [-0.4, -0.2) is 96.7 Å². The number of carbonyl (C=O) groups excluding carboxylic acids is 4. The molecule has 0 amide bonds. The van der Waals surface area contributed by atoms with Gasteiger partial charge >= 0.3 is 39.5 Å². The van der Waals surface area contributed by atoms with Gasteiger partial charge in [0.2, 0.25) is 0 Å². The maximum Gasteiger partial charge on any atom is 0.472 e. The Balaban J connectivity index is 5.16. The van der Waals surface area contributed by atoms with Crippen LogP contribution in [0.2, 0.25) is 0 Å². The van der Waals surface area contributed by atoms with Crippen molar-refractivity contribution in [1.29, 1.82) is 0 Å². The summed E-state index contributed by atoms with van der Waals surface area (Å²) in [7, 11) is -9.89. The minimum atomic E-state index is -4.95. The number of phosphoric acid groups is 2. The zero-order chi connectivity index (χ0) is 65.0. The molecule has 0 bridgehead atoms. The van der Waals surface area contributed by atoms with Gasteiger partial charge in [0.15, 0.2) is 12.2 Å². The van der Waals surface area contributed by atoms with Crippen molar-refractivity contribution in [2.45, 2.75) is 368 Å². The van der Waals surface area contributed by atoms with Gasteiger partial charge in [-0.25, -0.2) is 9.13 Å². The van der Waals surface area contributed by atoms with Gasteiger partial charge in [0.05, 0.1) is 26.4 Å². The molecule has 0 aromatic rings. The maximum absolute atomic E-state index is 13.0. The molecule has 88 heavy (non-hydrogen) atoms. The summed E-state index contributed by atoms with van der Waals surface area (Å²) in [6.45, 7) is 9.46. The SMILES string of the molecule is CCCCCCCCCCCCCCCCCC(=O)OC[C@H](COP(=O)(O)OC[C@@H](O)COP(=O)(O)OC[C@@H](COC(=O)CCCCCCC)OC(=O)CCCCCCCCC(C)CC)OC(=O)CCCCCCCCCCCCCCCCC(C)CC. The minimum absolute atomic E-state index is 0.102. The predicted molar refractivity (Wildman–Crippen MR) is 354 cm³/mol. The Morgan fingerprint density at radius 3 is 0.807 bits per heavy atom. The number of aliphatic hydroxyl groups excluding tert-OH is 1. The number of phosphoric ester groups is 2. The Bertz CT molecular complexity index is 1720. The lowest BCUT2D eigenvalue weighted by Crippen LogP contribution is -2.30. The zero-order valence-electron chi connectivity index (χ0n) is 57.0. The molecule has 7 atom stereocenters. The number of carbonyl (C=O) groups is 4. The molecular formula is C69H134O17P2. The molecule has 17 nitrogen and oxygen atoms in total. The minimum Gasteiger partial charge on any atom is -0.462 e. The van der Waals surface area contributed by atoms with Gasteiger partial charge in [-0.05, 0) is 37.5 Å². The highest BCUT2D eigenvalue weighted by Gasteiger charge is 2.30. The van der Waals surface area contributed by atoms with Crippen molar-refractivity contribution < 1.29 is 80.2 Å². The molecule has 0 radical (unpaired) electrons. The van der Waals surface area contributed by atoms with Crippen molar-refractivity contribution in [1.82, 2.24) is 0 Å². The van der Waals surface area contributed by atoms with E-state index in [1.165, 1.54) is 161 Å². The lowest BCUT2D eigenvalue weighted by molar-refractivity contribution is -0.161. The van der Waals surface area contributed by atoms with E-state index in [-0.39, 0.29) is 25.7 Å². The third-order valence-corrected chi connectivity index (χ3v) is 18.6. The second kappa shape index (κ2) is 61.3. The highest BCUT2D eigenvalue weighted by Crippen LogP contribution is 2.45. The van der Waals surface area contributed by atoms with E-state index in [1.54, 1.807) is 0 Å². The fourth-order valence-corrected chi connectivity index (χ4v) is 11.9. The first-order chi connectivity index (χ1) is 42.4. The Morgan fingerprint density at radius 2 is 0.545 bits per heavy atom. The third kappa shape index (κ3) is 60.3. The highest BCUT2D eigenvalue weighted by atomic mass is 31.2. The van der Waals surface area contributed by atoms with Crippen molar-refractivity contribution in [2.24, 2.45) is 11.8 Å². The molecule has 0 aliphatic carbocycles. The van der Waals surface area contributed by atoms with Crippen LogP contribution in [0.25, 0.3) is 0 Å². The smallest absolute Gasteiger partial charge is 0.462 e. The quantitative estimate of drug-likeness (QED) is 0.0222. The van der Waals surface area contributed by atoms with Crippen LogP contribution in [0.5, 0.6) is 0 Å². The van der Waals surface area contributed by atoms with Crippen molar-refractivity contribution in [2.75, 3.05) is 39.6 Å². The molecule has 0 rings (SSSR count). The summed E-state index contributed by atoms with van der Waals surface area (Å²) in [4.78, 5) is 72.2. The Hall–Kier alpha value is -1.94. The van der Waals surface area contributed by atoms with E-state index in [4.69, 9.17) is 37.0 Å². The number of hydrogen-bond donors (Lipinski definition) is 3. The summed E-state index contributed by atoms with van der Waals surface area (Å²) in [5, 5.41) is 10.5. The molecule has 0 saturated carbocycles. The topological polar surface area (TPSA) is 237 Å². The molecule has 0 fully saturated rings. The summed E-state index contributed by atoms with van der Waals surface area (Å²) in [5.41, 5.74) is 0. The average molecular weight is 1300 g/mol. The lowest BCUT2D eigenvalue weighted by Gasteiger charge is -2.21. The molecule has 0 aromatic heterocycles. The number of ether oxygens (including phenoxy) is 4. The zero-order valence-corrected chi connectivity index (χ0v) is 58.8. The van der Waals surface area contributed by atoms with Crippen LogP contribution in [0.3, 0.4) is 0 Å². The van der Waals surface area contributed by atoms with Gasteiger partial charge in [0.1, 0.15) is 19.3 Å². The standard InChI is InChI=1S/C69H134O17P2/c1-7-11-13-15-16-17-18-19-20-24-27-30-33-40-46-52-67(72)80-58-65(85-68(73)53-47-41-34-31-28-25-22-21-23-26-29-32-38-43-49-61(5)9-3)60-84-88(77,78)82-56-63(70)55-81-87(75,76)83-59-64(57-79-66(71)51-45-37-14-12-8-2)86-69(74)54-48-42-36-35-39-44-50-62(6)10-4/h61-65,70H,7-60H2,1-6H3,(H,75,76)(H,77,78)/t61?,62?,63-,64+,65+/m0/s1. The highest BCUT2D eigenvalue weighted by molar-refractivity contribution is 7.47. The van der Waals surface area contributed by atoms with E-state index < -0.39 is 97.5 Å². The molecule has 4 unspecified atom stereocenters. The van der Waals surface area contributed by atoms with Crippen LogP contribution in [0.15, 0.2) is 0 Å². The molecule has 0 spiro atoms. The van der Waals surface area contributed by atoms with E-state index >= 15 is 0 Å². The van der Waals surface area contributed by atoms with Crippen molar-refractivity contribution in [3.8, 4) is 0 Å². The molecule has 0 aliphatic heterocycles. The van der Waals surface area contributed by atoms with Gasteiger partial charge in [-0.3, -0.25) is 37.3 Å². The third-order valence-electron chi connectivity index (χ3n) is 16.7. The normalized spacial score (nSPS) is 14.8. The summed E-state index contributed by atoms with van der Waals surface area (Å²) < 4.78 is 68.0. The van der Waals surface area contributed by atoms with Gasteiger partial charge in [0.25, 0.3) is 0 Å². The largest absolute Gasteiger partial charge is 0.472 e. The van der Waals surface area contributed by atoms with Crippen LogP contribution >= 0.6 is 15.6 Å². The molecule has 19 heteroatoms. The molecule has 0 aliphatic rings. The van der Waals surface area contributed by atoms with Crippen LogP contribution in [0, 0.1) is 11.8 Å². The van der Waals surface area contributed by atoms with Crippen molar-refractivity contribution in [3.05, 3.63) is 0 Å². The van der Waals surface area contributed by atoms with E-state index in [0.717, 1.165) is 108 Å². The van der Waals surface area contributed by atoms with Gasteiger partial charge in [-0.1, -0.05) is 298 Å². The van der Waals surface area contributed by atoms with Gasteiger partial charge in [-0.2, -0.15) is 0 Å². The Kier molecular flexibility index (Phi) is 59.9. The van der Waals surface area contributed by atoms with E-state index in [2.05, 4.69) is 41.5 Å². The molecule has 0 heterocycles. The molecule has 0 saturated heterocycles. The lowest BCUT2D eigenvalue weighted by atomic mass is 9.99. The number of aliphatic hydroxyl groups is 1. The summed E-state index contributed by atoms with van der Waals surface area (Å²) in [6, 6.07) is 0. The van der Waals surface area contributed by atoms with E-state index in [1.807, 2.05) is 0 Å². The number of unbranched alkanes of at least 4 members (excludes halogenated alkanes) is 36. The van der Waals surface area contributed by atoms with E-state index in [0.29, 0.717) is 25.7 Å². The molecule has 0 aromatic carbocycles. The fourth-order valence-electron chi connectivity index (χ4n) is 10.4. The number of esters is 4. The van der Waals surface area contributed by atoms with Crippen LogP contribution in [0.1, 0.15) is 350 Å². The second-order valence-corrected chi connectivity index (χ2v) is 28.3. The van der Waals surface area contributed by atoms with Crippen molar-refractivity contribution >= 4 is 39.5 Å². The monoisotopic (exact) mass is 1300 g/mol. The van der Waals surface area contributed by atoms with Gasteiger partial charge < -0.3 is 33.8 Å². The molecule has 3 N–H and O–H groups in total. The first-order valence-corrected chi connectivity index (χ1v) is 39.1.